The van der Waals surface area contributed by atoms with Crippen LogP contribution in [-0.4, -0.2) is 13.6 Å². The summed E-state index contributed by atoms with van der Waals surface area (Å²) in [7, 11) is -3.80. The summed E-state index contributed by atoms with van der Waals surface area (Å²) < 4.78 is 45.7. The summed E-state index contributed by atoms with van der Waals surface area (Å²) in [6.07, 6.45) is 0.728. The van der Waals surface area contributed by atoms with Gasteiger partial charge >= 0.3 is 0 Å². The highest BCUT2D eigenvalue weighted by molar-refractivity contribution is 7.94. The van der Waals surface area contributed by atoms with Crippen molar-refractivity contribution in [1.29, 1.82) is 0 Å². The summed E-state index contributed by atoms with van der Waals surface area (Å²) in [5.41, 5.74) is 1.61. The van der Waals surface area contributed by atoms with Gasteiger partial charge in [-0.25, -0.2) is 12.8 Å². The SMILES string of the molecule is CCc1cc(-c2csc(S(=O)(=O)Nc3ccc(F)c(Cl)c3)c2)on1. The van der Waals surface area contributed by atoms with Crippen molar-refractivity contribution in [1.82, 2.24) is 5.16 Å². The van der Waals surface area contributed by atoms with Gasteiger partial charge in [-0.1, -0.05) is 23.7 Å². The third kappa shape index (κ3) is 3.45. The maximum absolute atomic E-state index is 13.2. The predicted octanol–water partition coefficient (Wildman–Crippen LogP) is 4.56. The molecule has 0 fully saturated rings. The topological polar surface area (TPSA) is 72.2 Å². The number of anilines is 1. The number of aromatic nitrogens is 1. The number of thiophene rings is 1. The van der Waals surface area contributed by atoms with E-state index >= 15 is 0 Å². The first-order chi connectivity index (χ1) is 11.4. The minimum atomic E-state index is -3.80. The highest BCUT2D eigenvalue weighted by atomic mass is 35.5. The van der Waals surface area contributed by atoms with E-state index in [1.807, 2.05) is 6.92 Å². The van der Waals surface area contributed by atoms with Gasteiger partial charge in [0.05, 0.1) is 16.4 Å². The van der Waals surface area contributed by atoms with Gasteiger partial charge in [0.2, 0.25) is 0 Å². The molecule has 0 radical (unpaired) electrons. The summed E-state index contributed by atoms with van der Waals surface area (Å²) >= 11 is 6.71. The molecular weight excluding hydrogens is 375 g/mol. The maximum atomic E-state index is 13.2. The maximum Gasteiger partial charge on any atom is 0.271 e. The molecule has 0 unspecified atom stereocenters. The fraction of sp³-hybridized carbons (Fsp3) is 0.133. The van der Waals surface area contributed by atoms with Gasteiger partial charge in [0.1, 0.15) is 10.0 Å². The van der Waals surface area contributed by atoms with Gasteiger partial charge in [-0.05, 0) is 30.7 Å². The normalized spacial score (nSPS) is 11.6. The summed E-state index contributed by atoms with van der Waals surface area (Å²) in [5.74, 6) is -0.107. The van der Waals surface area contributed by atoms with Crippen LogP contribution in [0.5, 0.6) is 0 Å². The van der Waals surface area contributed by atoms with Crippen LogP contribution in [0, 0.1) is 5.82 Å². The van der Waals surface area contributed by atoms with Crippen LogP contribution in [0.3, 0.4) is 0 Å². The van der Waals surface area contributed by atoms with Crippen molar-refractivity contribution in [3.63, 3.8) is 0 Å². The van der Waals surface area contributed by atoms with E-state index < -0.39 is 15.8 Å². The second-order valence-electron chi connectivity index (χ2n) is 4.92. The van der Waals surface area contributed by atoms with E-state index in [-0.39, 0.29) is 14.9 Å². The van der Waals surface area contributed by atoms with Crippen molar-refractivity contribution >= 4 is 38.6 Å². The first-order valence-corrected chi connectivity index (χ1v) is 9.65. The molecule has 1 N–H and O–H groups in total. The molecule has 9 heteroatoms. The molecule has 126 valence electrons. The molecule has 3 rings (SSSR count). The lowest BCUT2D eigenvalue weighted by Crippen LogP contribution is -2.11. The van der Waals surface area contributed by atoms with Crippen LogP contribution in [0.4, 0.5) is 10.1 Å². The number of nitrogens with one attached hydrogen (secondary N) is 1. The van der Waals surface area contributed by atoms with Crippen LogP contribution in [-0.2, 0) is 16.4 Å². The molecule has 3 aromatic rings. The van der Waals surface area contributed by atoms with Crippen LogP contribution in [0.1, 0.15) is 12.6 Å². The summed E-state index contributed by atoms with van der Waals surface area (Å²) in [6.45, 7) is 1.95. The number of halogens is 2. The van der Waals surface area contributed by atoms with E-state index in [4.69, 9.17) is 16.1 Å². The third-order valence-corrected chi connectivity index (χ3v) is 6.33. The van der Waals surface area contributed by atoms with Crippen molar-refractivity contribution in [2.75, 3.05) is 4.72 Å². The monoisotopic (exact) mass is 386 g/mol. The average Bonchev–Trinajstić information content (AvgIpc) is 3.19. The van der Waals surface area contributed by atoms with E-state index in [1.54, 1.807) is 11.4 Å². The van der Waals surface area contributed by atoms with Crippen LogP contribution < -0.4 is 4.72 Å². The Kier molecular flexibility index (Phi) is 4.62. The second kappa shape index (κ2) is 6.54. The van der Waals surface area contributed by atoms with Gasteiger partial charge < -0.3 is 4.52 Å². The van der Waals surface area contributed by atoms with E-state index in [0.29, 0.717) is 11.3 Å². The lowest BCUT2D eigenvalue weighted by molar-refractivity contribution is 0.424. The van der Waals surface area contributed by atoms with Gasteiger partial charge in [0.15, 0.2) is 5.76 Å². The number of hydrogen-bond donors (Lipinski definition) is 1. The standard InChI is InChI=1S/C15H12ClFN2O3S2/c1-2-10-7-14(22-18-10)9-5-15(23-8-9)24(20,21)19-11-3-4-13(17)12(16)6-11/h3-8,19H,2H2,1H3. The highest BCUT2D eigenvalue weighted by Crippen LogP contribution is 2.30. The van der Waals surface area contributed by atoms with Crippen LogP contribution >= 0.6 is 22.9 Å². The Morgan fingerprint density at radius 3 is 2.79 bits per heavy atom. The first kappa shape index (κ1) is 16.9. The molecule has 2 heterocycles. The van der Waals surface area contributed by atoms with Crippen LogP contribution in [0.15, 0.2) is 44.4 Å². The molecule has 0 aliphatic heterocycles. The van der Waals surface area contributed by atoms with E-state index in [1.165, 1.54) is 18.2 Å². The fourth-order valence-electron chi connectivity index (χ4n) is 1.97. The van der Waals surface area contributed by atoms with Gasteiger partial charge in [0, 0.05) is 17.0 Å². The molecule has 1 aromatic carbocycles. The number of nitrogens with zero attached hydrogens (tertiary/aromatic N) is 1. The van der Waals surface area contributed by atoms with Crippen LogP contribution in [0.25, 0.3) is 11.3 Å². The Balaban J connectivity index is 1.86. The second-order valence-corrected chi connectivity index (χ2v) is 8.15. The van der Waals surface area contributed by atoms with Gasteiger partial charge in [-0.15, -0.1) is 11.3 Å². The molecular formula is C15H12ClFN2O3S2. The van der Waals surface area contributed by atoms with Crippen molar-refractivity contribution in [2.24, 2.45) is 0 Å². The first-order valence-electron chi connectivity index (χ1n) is 6.91. The quantitative estimate of drug-likeness (QED) is 0.697. The zero-order chi connectivity index (χ0) is 17.3. The molecule has 0 saturated carbocycles. The average molecular weight is 387 g/mol. The number of benzene rings is 1. The largest absolute Gasteiger partial charge is 0.356 e. The Morgan fingerprint density at radius 1 is 1.33 bits per heavy atom. The summed E-state index contributed by atoms with van der Waals surface area (Å²) in [5, 5.41) is 5.40. The van der Waals surface area contributed by atoms with E-state index in [0.717, 1.165) is 29.5 Å². The van der Waals surface area contributed by atoms with Gasteiger partial charge in [-0.3, -0.25) is 4.72 Å². The summed E-state index contributed by atoms with van der Waals surface area (Å²) in [6, 6.07) is 6.88. The molecule has 24 heavy (non-hydrogen) atoms. The lowest BCUT2D eigenvalue weighted by Gasteiger charge is -2.06. The molecule has 0 saturated heterocycles. The van der Waals surface area contributed by atoms with Crippen molar-refractivity contribution < 1.29 is 17.3 Å². The zero-order valence-corrected chi connectivity index (χ0v) is 14.8. The Hall–Kier alpha value is -1.90. The summed E-state index contributed by atoms with van der Waals surface area (Å²) in [4.78, 5) is 0. The zero-order valence-electron chi connectivity index (χ0n) is 12.4. The number of hydrogen-bond acceptors (Lipinski definition) is 5. The van der Waals surface area contributed by atoms with E-state index in [2.05, 4.69) is 9.88 Å². The molecule has 2 aromatic heterocycles. The van der Waals surface area contributed by atoms with E-state index in [9.17, 15) is 12.8 Å². The number of aryl methyl sites for hydroxylation is 1. The minimum absolute atomic E-state index is 0.104. The van der Waals surface area contributed by atoms with Crippen molar-refractivity contribution in [2.45, 2.75) is 17.6 Å². The van der Waals surface area contributed by atoms with Gasteiger partial charge in [0.25, 0.3) is 10.0 Å². The highest BCUT2D eigenvalue weighted by Gasteiger charge is 2.19. The Morgan fingerprint density at radius 2 is 2.12 bits per heavy atom. The Bertz CT molecular complexity index is 982. The predicted molar refractivity (Wildman–Crippen MR) is 91.4 cm³/mol. The van der Waals surface area contributed by atoms with Crippen molar-refractivity contribution in [3.8, 4) is 11.3 Å². The van der Waals surface area contributed by atoms with Crippen molar-refractivity contribution in [3.05, 3.63) is 52.2 Å². The molecule has 0 aliphatic rings. The fourth-order valence-corrected chi connectivity index (χ4v) is 4.37. The number of rotatable bonds is 5. The third-order valence-electron chi connectivity index (χ3n) is 3.22. The molecule has 0 amide bonds. The van der Waals surface area contributed by atoms with Crippen LogP contribution in [0.2, 0.25) is 5.02 Å². The number of sulfonamides is 1. The lowest BCUT2D eigenvalue weighted by atomic mass is 10.2. The van der Waals surface area contributed by atoms with Gasteiger partial charge in [-0.2, -0.15) is 0 Å². The molecule has 0 atom stereocenters. The molecule has 0 bridgehead atoms. The molecule has 0 aliphatic carbocycles. The molecule has 0 spiro atoms. The minimum Gasteiger partial charge on any atom is -0.356 e. The Labute approximate surface area is 147 Å². The molecule has 5 nitrogen and oxygen atoms in total. The smallest absolute Gasteiger partial charge is 0.271 e.